The number of hydrogen-bond acceptors (Lipinski definition) is 28. The molecule has 0 saturated carbocycles. The van der Waals surface area contributed by atoms with E-state index in [1.165, 1.54) is 26.0 Å². The fourth-order valence-electron chi connectivity index (χ4n) is 8.87. The maximum absolute atomic E-state index is 12.6. The lowest BCUT2D eigenvalue weighted by atomic mass is 10.0. The van der Waals surface area contributed by atoms with Crippen LogP contribution in [0.15, 0.2) is 127 Å². The third kappa shape index (κ3) is 15.4. The first-order chi connectivity index (χ1) is 43.6. The summed E-state index contributed by atoms with van der Waals surface area (Å²) in [5.41, 5.74) is -1.75. The second-order valence-electron chi connectivity index (χ2n) is 19.7. The highest BCUT2D eigenvalue weighted by Gasteiger charge is 2.24. The highest BCUT2D eigenvalue weighted by molar-refractivity contribution is 7.86. The van der Waals surface area contributed by atoms with E-state index in [0.717, 1.165) is 60.7 Å². The summed E-state index contributed by atoms with van der Waals surface area (Å²) in [6.07, 6.45) is 0.501. The van der Waals surface area contributed by atoms with Crippen molar-refractivity contribution in [3.8, 4) is 11.5 Å². The Kier molecular flexibility index (Phi) is 19.0. The van der Waals surface area contributed by atoms with Crippen LogP contribution in [-0.4, -0.2) is 147 Å². The van der Waals surface area contributed by atoms with E-state index >= 15 is 0 Å². The Hall–Kier alpha value is -11.7. The molecule has 7 aromatic carbocycles. The lowest BCUT2D eigenvalue weighted by Crippen LogP contribution is -2.12. The average molecular weight is 1300 g/mol. The standard InChI is InChI=1S/C56H50N16O18S2/c1-25-13-27-21-37(91(85,86)87)23-39(41(27)45(75)43(25)71-69-35-17-29(47(77)78)15-30(18-35)48(79)80)61-55-65-51(57-9-3-11-73)63-53(67-55)59-33-5-7-34(8-6-33)60-54-64-52(58-10-4-12-74)66-56(68-54)62-40-24-38(92(88,89)90)22-28-14-26(2)44(46(76)42(28)40)72-70-36-19-31(49(81)82)16-32(20-36)50(83)84/h5-8,13-24,73-76H,3-4,9-12H2,1-2H3,(H,77,78)(H,79,80)(H,81,82)(H,83,84)(H,85,86,87)(H,88,89,90)(H3,57,59,61,63,65,67)(H3,58,60,62,64,66,68). The van der Waals surface area contributed by atoms with E-state index in [2.05, 4.69) is 82.3 Å². The lowest BCUT2D eigenvalue weighted by Gasteiger charge is -2.16. The number of aromatic carboxylic acids is 4. The number of aromatic nitrogens is 6. The van der Waals surface area contributed by atoms with Crippen LogP contribution in [0.3, 0.4) is 0 Å². The molecule has 0 amide bonds. The van der Waals surface area contributed by atoms with Gasteiger partial charge in [0.2, 0.25) is 35.7 Å². The number of aliphatic hydroxyl groups is 2. The summed E-state index contributed by atoms with van der Waals surface area (Å²) in [5, 5.41) is 115. The fraction of sp³-hybridized carbons (Fsp3) is 0.143. The van der Waals surface area contributed by atoms with Gasteiger partial charge in [-0.05, 0) is 146 Å². The third-order valence-electron chi connectivity index (χ3n) is 13.0. The van der Waals surface area contributed by atoms with Crippen molar-refractivity contribution in [2.45, 2.75) is 36.5 Å². The van der Waals surface area contributed by atoms with E-state index in [1.54, 1.807) is 24.3 Å². The highest BCUT2D eigenvalue weighted by Crippen LogP contribution is 2.46. The molecule has 0 aliphatic carbocycles. The summed E-state index contributed by atoms with van der Waals surface area (Å²) in [5.74, 6) is -7.93. The van der Waals surface area contributed by atoms with Gasteiger partial charge in [0, 0.05) is 48.5 Å². The van der Waals surface area contributed by atoms with Crippen molar-refractivity contribution in [3.05, 3.63) is 130 Å². The molecule has 0 aliphatic heterocycles. The number of hydrogen-bond donors (Lipinski definition) is 16. The summed E-state index contributed by atoms with van der Waals surface area (Å²) < 4.78 is 71.0. The molecule has 0 aliphatic rings. The van der Waals surface area contributed by atoms with E-state index in [1.807, 2.05) is 0 Å². The zero-order valence-electron chi connectivity index (χ0n) is 47.5. The number of rotatable bonds is 26. The molecule has 474 valence electrons. The van der Waals surface area contributed by atoms with E-state index < -0.39 is 87.7 Å². The van der Waals surface area contributed by atoms with Crippen LogP contribution >= 0.6 is 0 Å². The maximum Gasteiger partial charge on any atom is 0.335 e. The molecule has 2 heterocycles. The monoisotopic (exact) mass is 1300 g/mol. The van der Waals surface area contributed by atoms with Crippen LogP contribution in [0, 0.1) is 13.8 Å². The quantitative estimate of drug-likeness (QED) is 0.0136. The van der Waals surface area contributed by atoms with Gasteiger partial charge >= 0.3 is 23.9 Å². The first-order valence-corrected chi connectivity index (χ1v) is 29.5. The van der Waals surface area contributed by atoms with Crippen LogP contribution in [0.4, 0.5) is 81.2 Å². The van der Waals surface area contributed by atoms with Crippen LogP contribution < -0.4 is 31.9 Å². The van der Waals surface area contributed by atoms with Crippen molar-refractivity contribution in [2.75, 3.05) is 58.2 Å². The van der Waals surface area contributed by atoms with Crippen LogP contribution in [0.2, 0.25) is 0 Å². The summed E-state index contributed by atoms with van der Waals surface area (Å²) in [6, 6.07) is 19.2. The van der Waals surface area contributed by atoms with Gasteiger partial charge in [-0.2, -0.15) is 57.0 Å². The predicted molar refractivity (Wildman–Crippen MR) is 329 cm³/mol. The maximum atomic E-state index is 12.6. The van der Waals surface area contributed by atoms with Gasteiger partial charge in [0.15, 0.2) is 11.5 Å². The number of carboxylic acid groups (broad SMARTS) is 4. The number of benzene rings is 7. The van der Waals surface area contributed by atoms with Crippen molar-refractivity contribution >= 4 is 147 Å². The van der Waals surface area contributed by atoms with Crippen LogP contribution in [0.1, 0.15) is 65.4 Å². The molecule has 92 heavy (non-hydrogen) atoms. The van der Waals surface area contributed by atoms with Crippen molar-refractivity contribution in [1.29, 1.82) is 0 Å². The summed E-state index contributed by atoms with van der Waals surface area (Å²) in [7, 11) is -9.83. The average Bonchev–Trinajstić information content (AvgIpc) is 0.768. The Morgan fingerprint density at radius 3 is 1.05 bits per heavy atom. The molecule has 9 rings (SSSR count). The number of carbonyl (C=O) groups is 4. The van der Waals surface area contributed by atoms with Gasteiger partial charge in [-0.15, -0.1) is 10.2 Å². The van der Waals surface area contributed by atoms with E-state index in [9.17, 15) is 86.0 Å². The van der Waals surface area contributed by atoms with Crippen molar-refractivity contribution in [1.82, 2.24) is 29.9 Å². The number of anilines is 10. The summed E-state index contributed by atoms with van der Waals surface area (Å²) >= 11 is 0. The molecule has 0 spiro atoms. The molecule has 9 aromatic rings. The number of fused-ring (bicyclic) bond motifs is 2. The molecule has 0 radical (unpaired) electrons. The molecule has 0 bridgehead atoms. The minimum absolute atomic E-state index is 0.0510. The van der Waals surface area contributed by atoms with Crippen molar-refractivity contribution in [3.63, 3.8) is 0 Å². The SMILES string of the molecule is Cc1cc2cc(S(=O)(=O)O)cc(Nc3nc(NCCCO)nc(Nc4ccc(Nc5nc(NCCCO)nc(Nc6cc(S(=O)(=O)O)cc7cc(C)c(N=Nc8cc(C(=O)O)cc(C(=O)O)c8)c(O)c67)n5)cc4)n3)c2c(O)c1N=Nc1cc(C(=O)O)cc(C(=O)O)c1. The number of azo groups is 2. The highest BCUT2D eigenvalue weighted by atomic mass is 32.2. The molecule has 0 unspecified atom stereocenters. The predicted octanol–water partition coefficient (Wildman–Crippen LogP) is 9.07. The Bertz CT molecular complexity index is 4410. The fourth-order valence-corrected chi connectivity index (χ4v) is 9.95. The number of phenols is 2. The van der Waals surface area contributed by atoms with Gasteiger partial charge in [-0.3, -0.25) is 9.11 Å². The van der Waals surface area contributed by atoms with Gasteiger partial charge in [0.05, 0.1) is 54.8 Å². The largest absolute Gasteiger partial charge is 0.505 e. The van der Waals surface area contributed by atoms with E-state index in [0.29, 0.717) is 11.4 Å². The van der Waals surface area contributed by atoms with Gasteiger partial charge in [-0.1, -0.05) is 0 Å². The molecule has 34 nitrogen and oxygen atoms in total. The first-order valence-electron chi connectivity index (χ1n) is 26.7. The van der Waals surface area contributed by atoms with Crippen LogP contribution in [-0.2, 0) is 20.2 Å². The molecule has 16 N–H and O–H groups in total. The molecule has 2 aromatic heterocycles. The van der Waals surface area contributed by atoms with Gasteiger partial charge in [0.1, 0.15) is 11.4 Å². The Morgan fingerprint density at radius 2 is 0.750 bits per heavy atom. The Morgan fingerprint density at radius 1 is 0.435 bits per heavy atom. The van der Waals surface area contributed by atoms with Gasteiger partial charge < -0.3 is 72.8 Å². The number of nitrogens with zero attached hydrogens (tertiary/aromatic N) is 10. The number of phenolic OH excluding ortho intramolecular Hbond substituents is 2. The molecule has 0 saturated heterocycles. The van der Waals surface area contributed by atoms with Crippen LogP contribution in [0.25, 0.3) is 21.5 Å². The van der Waals surface area contributed by atoms with E-state index in [4.69, 9.17) is 0 Å². The first kappa shape index (κ1) is 64.8. The Balaban J connectivity index is 1.03. The number of nitrogens with one attached hydrogen (secondary N) is 6. The second-order valence-corrected chi connectivity index (χ2v) is 22.6. The summed E-state index contributed by atoms with van der Waals surface area (Å²) in [6.45, 7) is 2.85. The minimum atomic E-state index is -4.92. The van der Waals surface area contributed by atoms with Gasteiger partial charge in [0.25, 0.3) is 20.2 Å². The number of aliphatic hydroxyl groups excluding tert-OH is 2. The minimum Gasteiger partial charge on any atom is -0.505 e. The molecule has 36 heteroatoms. The molecule has 0 atom stereocenters. The van der Waals surface area contributed by atoms with Crippen molar-refractivity contribution in [2.24, 2.45) is 20.5 Å². The summed E-state index contributed by atoms with van der Waals surface area (Å²) in [4.78, 5) is 72.4. The zero-order chi connectivity index (χ0) is 66.3. The smallest absolute Gasteiger partial charge is 0.335 e. The second kappa shape index (κ2) is 27.0. The number of aryl methyl sites for hydroxylation is 2. The molecular weight excluding hydrogens is 1250 g/mol. The van der Waals surface area contributed by atoms with E-state index in [-0.39, 0.29) is 142 Å². The zero-order valence-corrected chi connectivity index (χ0v) is 49.1. The Labute approximate surface area is 517 Å². The van der Waals surface area contributed by atoms with Crippen LogP contribution in [0.5, 0.6) is 11.5 Å². The number of carboxylic acids is 4. The molecular formula is C56H50N16O18S2. The third-order valence-corrected chi connectivity index (χ3v) is 14.7. The van der Waals surface area contributed by atoms with Crippen molar-refractivity contribution < 1.29 is 86.0 Å². The topological polar surface area (TPSA) is 538 Å². The lowest BCUT2D eigenvalue weighted by molar-refractivity contribution is 0.0676. The normalized spacial score (nSPS) is 11.7. The molecule has 0 fully saturated rings. The number of aromatic hydroxyl groups is 2. The van der Waals surface area contributed by atoms with Gasteiger partial charge in [-0.25, -0.2) is 19.2 Å².